The average Bonchev–Trinajstić information content (AvgIpc) is 3.33. The molecule has 0 spiro atoms. The molecule has 0 saturated carbocycles. The molecule has 8 nitrogen and oxygen atoms in total. The van der Waals surface area contributed by atoms with E-state index in [1.54, 1.807) is 31.3 Å². The maximum Gasteiger partial charge on any atom is 0.254 e. The molecule has 2 unspecified atom stereocenters. The van der Waals surface area contributed by atoms with Crippen molar-refractivity contribution in [1.82, 2.24) is 9.80 Å². The van der Waals surface area contributed by atoms with Gasteiger partial charge < -0.3 is 19.9 Å². The smallest absolute Gasteiger partial charge is 0.254 e. The van der Waals surface area contributed by atoms with Crippen molar-refractivity contribution in [3.63, 3.8) is 0 Å². The van der Waals surface area contributed by atoms with E-state index in [2.05, 4.69) is 32.2 Å². The molecule has 0 aliphatic carbocycles. The molecule has 2 aromatic rings. The van der Waals surface area contributed by atoms with Gasteiger partial charge in [0.05, 0.1) is 25.6 Å². The molecule has 2 aromatic carbocycles. The van der Waals surface area contributed by atoms with Crippen molar-refractivity contribution in [3.8, 4) is 11.8 Å². The third-order valence-electron chi connectivity index (χ3n) is 5.76. The molecule has 8 heteroatoms. The van der Waals surface area contributed by atoms with E-state index in [0.717, 1.165) is 17.9 Å². The number of aryl methyl sites for hydroxylation is 1. The minimum absolute atomic E-state index is 0.136. The molecule has 37 heavy (non-hydrogen) atoms. The summed E-state index contributed by atoms with van der Waals surface area (Å²) in [6.07, 6.45) is 0.999. The van der Waals surface area contributed by atoms with Crippen LogP contribution < -0.4 is 10.1 Å². The first kappa shape index (κ1) is 29.4. The second-order valence-corrected chi connectivity index (χ2v) is 9.80. The maximum absolute atomic E-state index is 13.0. The third-order valence-corrected chi connectivity index (χ3v) is 5.76. The zero-order chi connectivity index (χ0) is 27.5. The van der Waals surface area contributed by atoms with Crippen LogP contribution in [0.3, 0.4) is 0 Å². The van der Waals surface area contributed by atoms with Crippen molar-refractivity contribution in [2.45, 2.75) is 46.6 Å². The molecular formula is C29H38N4O4. The van der Waals surface area contributed by atoms with E-state index in [0.29, 0.717) is 17.0 Å². The van der Waals surface area contributed by atoms with E-state index in [4.69, 9.17) is 4.74 Å². The number of ether oxygens (including phenoxy) is 1. The highest BCUT2D eigenvalue weighted by atomic mass is 16.5. The largest absolute Gasteiger partial charge is 0.497 e. The molecule has 0 aromatic heterocycles. The zero-order valence-corrected chi connectivity index (χ0v) is 22.7. The van der Waals surface area contributed by atoms with E-state index in [9.17, 15) is 19.6 Å². The van der Waals surface area contributed by atoms with Gasteiger partial charge in [-0.3, -0.25) is 14.4 Å². The minimum Gasteiger partial charge on any atom is -0.497 e. The molecule has 2 atom stereocenters. The van der Waals surface area contributed by atoms with Crippen molar-refractivity contribution in [2.75, 3.05) is 32.6 Å². The number of nitriles is 1. The molecule has 1 aliphatic heterocycles. The number of para-hydroxylation sites is 1. The van der Waals surface area contributed by atoms with Gasteiger partial charge in [0.15, 0.2) is 0 Å². The Balaban J connectivity index is 0.00000112. The number of hydrogen-bond donors (Lipinski definition) is 1. The van der Waals surface area contributed by atoms with Crippen LogP contribution in [0.1, 0.15) is 50.0 Å². The summed E-state index contributed by atoms with van der Waals surface area (Å²) in [4.78, 5) is 41.2. The van der Waals surface area contributed by atoms with Gasteiger partial charge in [0.1, 0.15) is 11.8 Å². The number of benzene rings is 2. The Bertz CT molecular complexity index is 1090. The van der Waals surface area contributed by atoms with Crippen LogP contribution in [0.15, 0.2) is 48.5 Å². The first-order valence-electron chi connectivity index (χ1n) is 12.6. The number of carbonyl (C=O) groups excluding carboxylic acids is 3. The summed E-state index contributed by atoms with van der Waals surface area (Å²) < 4.78 is 5.28. The summed E-state index contributed by atoms with van der Waals surface area (Å²) in [5.41, 5.74) is 2.05. The molecule has 3 amide bonds. The number of carbonyl (C=O) groups is 3. The van der Waals surface area contributed by atoms with Crippen LogP contribution in [-0.4, -0.2) is 60.8 Å². The molecule has 0 radical (unpaired) electrons. The number of rotatable bonds is 7. The second-order valence-electron chi connectivity index (χ2n) is 9.80. The maximum atomic E-state index is 13.0. The van der Waals surface area contributed by atoms with E-state index in [1.165, 1.54) is 16.9 Å². The predicted molar refractivity (Wildman–Crippen MR) is 144 cm³/mol. The fourth-order valence-electron chi connectivity index (χ4n) is 3.88. The standard InChI is InChI=1S/C25H28N4O4.C4H10/c1-4-17-10-18(13-22(11-17)33-3)25(32)28(2)16-23(30)29-15-19(12-21(29)14-26)24(31)27-20-8-6-5-7-9-20;1-4(2)3/h5-11,13,19,21H,4,12,15-16H2,1-3H3,(H,27,31);4H,1-3H3. The predicted octanol–water partition coefficient (Wildman–Crippen LogP) is 4.37. The van der Waals surface area contributed by atoms with Crippen molar-refractivity contribution in [3.05, 3.63) is 59.7 Å². The lowest BCUT2D eigenvalue weighted by molar-refractivity contribution is -0.131. The van der Waals surface area contributed by atoms with Gasteiger partial charge in [0.2, 0.25) is 11.8 Å². The van der Waals surface area contributed by atoms with Crippen LogP contribution in [0.2, 0.25) is 0 Å². The quantitative estimate of drug-likeness (QED) is 0.601. The SMILES string of the molecule is CC(C)C.CCc1cc(OC)cc(C(=O)N(C)CC(=O)N2CC(C(=O)Nc3ccccc3)CC2C#N)c1. The van der Waals surface area contributed by atoms with Gasteiger partial charge in [-0.15, -0.1) is 0 Å². The number of methoxy groups -OCH3 is 1. The number of nitrogens with one attached hydrogen (secondary N) is 1. The van der Waals surface area contributed by atoms with Gasteiger partial charge >= 0.3 is 0 Å². The van der Waals surface area contributed by atoms with Gasteiger partial charge in [-0.2, -0.15) is 5.26 Å². The van der Waals surface area contributed by atoms with Crippen LogP contribution in [0.5, 0.6) is 5.75 Å². The lowest BCUT2D eigenvalue weighted by Crippen LogP contribution is -2.43. The van der Waals surface area contributed by atoms with E-state index in [-0.39, 0.29) is 37.2 Å². The highest BCUT2D eigenvalue weighted by molar-refractivity contribution is 5.97. The Kier molecular flexibility index (Phi) is 11.1. The Hall–Kier alpha value is -3.86. The molecule has 1 fully saturated rings. The number of amides is 3. The molecular weight excluding hydrogens is 468 g/mol. The van der Waals surface area contributed by atoms with Crippen molar-refractivity contribution >= 4 is 23.4 Å². The molecule has 1 heterocycles. The van der Waals surface area contributed by atoms with E-state index in [1.807, 2.05) is 31.2 Å². The van der Waals surface area contributed by atoms with Gasteiger partial charge in [-0.1, -0.05) is 45.9 Å². The third kappa shape index (κ3) is 8.64. The lowest BCUT2D eigenvalue weighted by Gasteiger charge is -2.24. The number of nitrogens with zero attached hydrogens (tertiary/aromatic N) is 3. The lowest BCUT2D eigenvalue weighted by atomic mass is 10.1. The first-order valence-corrected chi connectivity index (χ1v) is 12.6. The topological polar surface area (TPSA) is 103 Å². The summed E-state index contributed by atoms with van der Waals surface area (Å²) in [6, 6.07) is 15.7. The average molecular weight is 507 g/mol. The van der Waals surface area contributed by atoms with Crippen LogP contribution in [-0.2, 0) is 16.0 Å². The zero-order valence-electron chi connectivity index (χ0n) is 22.7. The summed E-state index contributed by atoms with van der Waals surface area (Å²) in [7, 11) is 3.08. The number of hydrogen-bond acceptors (Lipinski definition) is 5. The number of likely N-dealkylation sites (N-methyl/N-ethyl adjacent to an activating group) is 1. The Morgan fingerprint density at radius 3 is 2.38 bits per heavy atom. The van der Waals surface area contributed by atoms with Gasteiger partial charge in [-0.25, -0.2) is 0 Å². The molecule has 3 rings (SSSR count). The molecule has 1 saturated heterocycles. The second kappa shape index (κ2) is 14.0. The van der Waals surface area contributed by atoms with Gasteiger partial charge in [0.25, 0.3) is 5.91 Å². The van der Waals surface area contributed by atoms with Crippen molar-refractivity contribution in [1.29, 1.82) is 5.26 Å². The highest BCUT2D eigenvalue weighted by Gasteiger charge is 2.39. The molecule has 198 valence electrons. The number of likely N-dealkylation sites (tertiary alicyclic amines) is 1. The summed E-state index contributed by atoms with van der Waals surface area (Å²) in [5, 5.41) is 12.4. The molecule has 0 bridgehead atoms. The monoisotopic (exact) mass is 506 g/mol. The summed E-state index contributed by atoms with van der Waals surface area (Å²) >= 11 is 0. The van der Waals surface area contributed by atoms with Crippen LogP contribution in [0, 0.1) is 23.2 Å². The normalized spacial score (nSPS) is 16.3. The highest BCUT2D eigenvalue weighted by Crippen LogP contribution is 2.25. The van der Waals surface area contributed by atoms with Gasteiger partial charge in [0, 0.05) is 24.8 Å². The fourth-order valence-corrected chi connectivity index (χ4v) is 3.88. The minimum atomic E-state index is -0.712. The fraction of sp³-hybridized carbons (Fsp3) is 0.448. The Morgan fingerprint density at radius 2 is 1.81 bits per heavy atom. The van der Waals surface area contributed by atoms with E-state index < -0.39 is 12.0 Å². The van der Waals surface area contributed by atoms with Gasteiger partial charge in [-0.05, 0) is 54.7 Å². The van der Waals surface area contributed by atoms with Crippen molar-refractivity contribution in [2.24, 2.45) is 11.8 Å². The first-order chi connectivity index (χ1) is 17.6. The Labute approximate surface area is 220 Å². The van der Waals surface area contributed by atoms with Crippen LogP contribution in [0.25, 0.3) is 0 Å². The number of anilines is 1. The van der Waals surface area contributed by atoms with E-state index >= 15 is 0 Å². The Morgan fingerprint density at radius 1 is 1.16 bits per heavy atom. The molecule has 1 N–H and O–H groups in total. The van der Waals surface area contributed by atoms with Crippen LogP contribution >= 0.6 is 0 Å². The molecule has 1 aliphatic rings. The van der Waals surface area contributed by atoms with Crippen LogP contribution in [0.4, 0.5) is 5.69 Å². The summed E-state index contributed by atoms with van der Waals surface area (Å²) in [5.74, 6) is -0.00204. The summed E-state index contributed by atoms with van der Waals surface area (Å²) in [6.45, 7) is 8.43. The van der Waals surface area contributed by atoms with Crippen molar-refractivity contribution < 1.29 is 19.1 Å².